The lowest BCUT2D eigenvalue weighted by Crippen LogP contribution is -2.31. The van der Waals surface area contributed by atoms with Crippen LogP contribution in [0.2, 0.25) is 0 Å². The summed E-state index contributed by atoms with van der Waals surface area (Å²) >= 11 is 0. The third kappa shape index (κ3) is 4.05. The molecule has 0 aromatic heterocycles. The molecule has 0 saturated heterocycles. The van der Waals surface area contributed by atoms with Gasteiger partial charge in [0.25, 0.3) is 0 Å². The van der Waals surface area contributed by atoms with E-state index in [-0.39, 0.29) is 23.7 Å². The fraction of sp³-hybridized carbons (Fsp3) is 0.812. The molecular weight excluding hydrogens is 270 g/mol. The van der Waals surface area contributed by atoms with Crippen LogP contribution in [-0.4, -0.2) is 36.4 Å². The smallest absolute Gasteiger partial charge is 0.314 e. The zero-order valence-electron chi connectivity index (χ0n) is 12.8. The number of nitrogens with zero attached hydrogens (tertiary/aromatic N) is 1. The van der Waals surface area contributed by atoms with Crippen molar-refractivity contribution in [2.24, 2.45) is 16.3 Å². The SMILES string of the molecule is COC(=O)C1CCCC1=NCC1(CC(=O)O)CCCCC1. The third-order valence-electron chi connectivity index (χ3n) is 4.87. The summed E-state index contributed by atoms with van der Waals surface area (Å²) in [6, 6.07) is 0. The number of carboxylic acids is 1. The summed E-state index contributed by atoms with van der Waals surface area (Å²) in [5.41, 5.74) is 0.706. The molecule has 5 heteroatoms. The number of hydrogen-bond acceptors (Lipinski definition) is 4. The van der Waals surface area contributed by atoms with Crippen molar-refractivity contribution in [3.05, 3.63) is 0 Å². The fourth-order valence-corrected chi connectivity index (χ4v) is 3.70. The second kappa shape index (κ2) is 7.05. The van der Waals surface area contributed by atoms with Gasteiger partial charge in [0.05, 0.1) is 19.4 Å². The molecule has 2 aliphatic carbocycles. The molecule has 5 nitrogen and oxygen atoms in total. The van der Waals surface area contributed by atoms with Crippen LogP contribution in [-0.2, 0) is 14.3 Å². The zero-order chi connectivity index (χ0) is 15.3. The number of aliphatic imine (C=N–C) groups is 1. The Kier molecular flexibility index (Phi) is 5.37. The van der Waals surface area contributed by atoms with Crippen molar-refractivity contribution in [2.75, 3.05) is 13.7 Å². The summed E-state index contributed by atoms with van der Waals surface area (Å²) in [4.78, 5) is 27.6. The highest BCUT2D eigenvalue weighted by Crippen LogP contribution is 2.40. The largest absolute Gasteiger partial charge is 0.481 e. The highest BCUT2D eigenvalue weighted by Gasteiger charge is 2.36. The minimum absolute atomic E-state index is 0.187. The van der Waals surface area contributed by atoms with Gasteiger partial charge in [-0.2, -0.15) is 0 Å². The average Bonchev–Trinajstić information content (AvgIpc) is 2.93. The van der Waals surface area contributed by atoms with Gasteiger partial charge >= 0.3 is 11.9 Å². The minimum Gasteiger partial charge on any atom is -0.481 e. The van der Waals surface area contributed by atoms with E-state index >= 15 is 0 Å². The van der Waals surface area contributed by atoms with E-state index in [1.807, 2.05) is 0 Å². The van der Waals surface area contributed by atoms with Crippen LogP contribution in [0.3, 0.4) is 0 Å². The Balaban J connectivity index is 2.07. The number of carboxylic acid groups (broad SMARTS) is 1. The molecule has 0 spiro atoms. The molecule has 2 aliphatic rings. The first kappa shape index (κ1) is 16.0. The minimum atomic E-state index is -0.743. The molecule has 1 atom stereocenters. The summed E-state index contributed by atoms with van der Waals surface area (Å²) < 4.78 is 4.83. The summed E-state index contributed by atoms with van der Waals surface area (Å²) in [6.45, 7) is 0.544. The summed E-state index contributed by atoms with van der Waals surface area (Å²) in [5.74, 6) is -1.16. The van der Waals surface area contributed by atoms with Crippen molar-refractivity contribution >= 4 is 17.7 Å². The van der Waals surface area contributed by atoms with E-state index in [1.54, 1.807) is 0 Å². The number of aliphatic carboxylic acids is 1. The maximum atomic E-state index is 11.7. The molecule has 2 fully saturated rings. The Bertz CT molecular complexity index is 424. The van der Waals surface area contributed by atoms with Gasteiger partial charge < -0.3 is 9.84 Å². The Hall–Kier alpha value is -1.39. The topological polar surface area (TPSA) is 76.0 Å². The highest BCUT2D eigenvalue weighted by molar-refractivity contribution is 6.03. The van der Waals surface area contributed by atoms with Gasteiger partial charge in [0.1, 0.15) is 0 Å². The molecule has 2 saturated carbocycles. The van der Waals surface area contributed by atoms with E-state index in [1.165, 1.54) is 13.5 Å². The normalized spacial score (nSPS) is 26.7. The van der Waals surface area contributed by atoms with Crippen LogP contribution in [0.4, 0.5) is 0 Å². The maximum Gasteiger partial charge on any atom is 0.314 e. The van der Waals surface area contributed by atoms with Crippen molar-refractivity contribution in [1.82, 2.24) is 0 Å². The van der Waals surface area contributed by atoms with Gasteiger partial charge in [-0.15, -0.1) is 0 Å². The number of hydrogen-bond donors (Lipinski definition) is 1. The van der Waals surface area contributed by atoms with E-state index in [4.69, 9.17) is 4.74 Å². The molecule has 0 heterocycles. The Morgan fingerprint density at radius 3 is 2.62 bits per heavy atom. The van der Waals surface area contributed by atoms with Gasteiger partial charge in [-0.25, -0.2) is 0 Å². The zero-order valence-corrected chi connectivity index (χ0v) is 12.8. The molecule has 1 N–H and O–H groups in total. The molecule has 0 radical (unpaired) electrons. The van der Waals surface area contributed by atoms with Crippen molar-refractivity contribution in [3.8, 4) is 0 Å². The highest BCUT2D eigenvalue weighted by atomic mass is 16.5. The second-order valence-electron chi connectivity index (χ2n) is 6.41. The molecule has 0 aliphatic heterocycles. The quantitative estimate of drug-likeness (QED) is 0.791. The van der Waals surface area contributed by atoms with E-state index in [0.717, 1.165) is 50.7 Å². The molecule has 118 valence electrons. The van der Waals surface area contributed by atoms with Crippen molar-refractivity contribution in [1.29, 1.82) is 0 Å². The van der Waals surface area contributed by atoms with Crippen LogP contribution >= 0.6 is 0 Å². The summed E-state index contributed by atoms with van der Waals surface area (Å²) in [5, 5.41) is 9.18. The van der Waals surface area contributed by atoms with Gasteiger partial charge in [0.15, 0.2) is 0 Å². The predicted octanol–water partition coefficient (Wildman–Crippen LogP) is 2.83. The Labute approximate surface area is 125 Å². The van der Waals surface area contributed by atoms with Crippen LogP contribution in [0.5, 0.6) is 0 Å². The third-order valence-corrected chi connectivity index (χ3v) is 4.87. The molecule has 1 unspecified atom stereocenters. The molecule has 0 aromatic carbocycles. The summed E-state index contributed by atoms with van der Waals surface area (Å²) in [6.07, 6.45) is 8.00. The summed E-state index contributed by atoms with van der Waals surface area (Å²) in [7, 11) is 1.41. The van der Waals surface area contributed by atoms with E-state index in [2.05, 4.69) is 4.99 Å². The van der Waals surface area contributed by atoms with Crippen LogP contribution in [0, 0.1) is 11.3 Å². The standard InChI is InChI=1S/C16H25NO4/c1-21-15(20)12-6-5-7-13(12)17-11-16(10-14(18)19)8-3-2-4-9-16/h12H,2-11H2,1H3,(H,18,19). The van der Waals surface area contributed by atoms with Gasteiger partial charge in [-0.1, -0.05) is 19.3 Å². The van der Waals surface area contributed by atoms with Crippen molar-refractivity contribution in [2.45, 2.75) is 57.8 Å². The molecule has 2 rings (SSSR count). The molecule has 0 amide bonds. The van der Waals surface area contributed by atoms with Gasteiger partial charge in [-0.3, -0.25) is 14.6 Å². The monoisotopic (exact) mass is 295 g/mol. The molecule has 21 heavy (non-hydrogen) atoms. The Morgan fingerprint density at radius 1 is 1.29 bits per heavy atom. The fourth-order valence-electron chi connectivity index (χ4n) is 3.70. The van der Waals surface area contributed by atoms with Crippen LogP contribution < -0.4 is 0 Å². The van der Waals surface area contributed by atoms with Crippen LogP contribution in [0.25, 0.3) is 0 Å². The number of methoxy groups -OCH3 is 1. The van der Waals surface area contributed by atoms with Gasteiger partial charge in [-0.05, 0) is 32.1 Å². The lowest BCUT2D eigenvalue weighted by atomic mass is 9.72. The van der Waals surface area contributed by atoms with Crippen molar-refractivity contribution in [3.63, 3.8) is 0 Å². The number of carbonyl (C=O) groups is 2. The Morgan fingerprint density at radius 2 is 2.00 bits per heavy atom. The molecule has 0 bridgehead atoms. The molecule has 0 aromatic rings. The number of esters is 1. The first-order valence-electron chi connectivity index (χ1n) is 7.89. The average molecular weight is 295 g/mol. The lowest BCUT2D eigenvalue weighted by Gasteiger charge is -2.35. The predicted molar refractivity (Wildman–Crippen MR) is 79.4 cm³/mol. The second-order valence-corrected chi connectivity index (χ2v) is 6.41. The lowest BCUT2D eigenvalue weighted by molar-refractivity contribution is -0.143. The van der Waals surface area contributed by atoms with Crippen LogP contribution in [0.15, 0.2) is 4.99 Å². The number of carbonyl (C=O) groups excluding carboxylic acids is 1. The maximum absolute atomic E-state index is 11.7. The number of ether oxygens (including phenoxy) is 1. The first-order chi connectivity index (χ1) is 10.1. The first-order valence-corrected chi connectivity index (χ1v) is 7.89. The van der Waals surface area contributed by atoms with E-state index in [9.17, 15) is 14.7 Å². The van der Waals surface area contributed by atoms with E-state index in [0.29, 0.717) is 6.54 Å². The van der Waals surface area contributed by atoms with Crippen molar-refractivity contribution < 1.29 is 19.4 Å². The van der Waals surface area contributed by atoms with Gasteiger partial charge in [0.2, 0.25) is 0 Å². The van der Waals surface area contributed by atoms with Gasteiger partial charge in [0, 0.05) is 17.7 Å². The van der Waals surface area contributed by atoms with Crippen LogP contribution in [0.1, 0.15) is 57.8 Å². The molecular formula is C16H25NO4. The van der Waals surface area contributed by atoms with E-state index < -0.39 is 5.97 Å². The number of rotatable bonds is 5.